The highest BCUT2D eigenvalue weighted by Crippen LogP contribution is 2.29. The standard InChI is InChI=1S/C18H20N2O2/c1-3-22-14-7-5-13(6-8-14)16-11-17(20-19-16)15-10-12(2)4-9-18(15)21/h4-10,16,19,21H,3,11H2,1-2H3/t16-/m1/s1. The van der Waals surface area contributed by atoms with Gasteiger partial charge in [-0.3, -0.25) is 0 Å². The Kier molecular flexibility index (Phi) is 4.00. The zero-order valence-electron chi connectivity index (χ0n) is 12.8. The van der Waals surface area contributed by atoms with E-state index in [2.05, 4.69) is 22.7 Å². The molecule has 0 aromatic heterocycles. The van der Waals surface area contributed by atoms with E-state index in [0.29, 0.717) is 6.61 Å². The summed E-state index contributed by atoms with van der Waals surface area (Å²) in [5.74, 6) is 1.15. The number of ether oxygens (including phenoxy) is 1. The highest BCUT2D eigenvalue weighted by atomic mass is 16.5. The predicted octanol–water partition coefficient (Wildman–Crippen LogP) is 3.54. The molecule has 1 atom stereocenters. The molecule has 114 valence electrons. The van der Waals surface area contributed by atoms with Gasteiger partial charge in [0, 0.05) is 12.0 Å². The first-order valence-electron chi connectivity index (χ1n) is 7.52. The first kappa shape index (κ1) is 14.4. The summed E-state index contributed by atoms with van der Waals surface area (Å²) in [6.07, 6.45) is 0.755. The fourth-order valence-electron chi connectivity index (χ4n) is 2.65. The molecule has 2 aromatic carbocycles. The van der Waals surface area contributed by atoms with Gasteiger partial charge in [0.25, 0.3) is 0 Å². The summed E-state index contributed by atoms with van der Waals surface area (Å²) < 4.78 is 5.46. The fraction of sp³-hybridized carbons (Fsp3) is 0.278. The number of hydrogen-bond acceptors (Lipinski definition) is 4. The van der Waals surface area contributed by atoms with Crippen LogP contribution in [0.15, 0.2) is 47.6 Å². The van der Waals surface area contributed by atoms with Crippen LogP contribution in [0.3, 0.4) is 0 Å². The number of hydrazone groups is 1. The Balaban J connectivity index is 1.75. The van der Waals surface area contributed by atoms with Gasteiger partial charge in [-0.05, 0) is 43.7 Å². The predicted molar refractivity (Wildman–Crippen MR) is 87.5 cm³/mol. The normalized spacial score (nSPS) is 17.0. The van der Waals surface area contributed by atoms with E-state index in [1.807, 2.05) is 38.1 Å². The van der Waals surface area contributed by atoms with Crippen LogP contribution >= 0.6 is 0 Å². The summed E-state index contributed by atoms with van der Waals surface area (Å²) in [6, 6.07) is 13.8. The number of hydrogen-bond donors (Lipinski definition) is 2. The van der Waals surface area contributed by atoms with Gasteiger partial charge in [0.15, 0.2) is 0 Å². The van der Waals surface area contributed by atoms with Crippen molar-refractivity contribution in [2.24, 2.45) is 5.10 Å². The maximum atomic E-state index is 10.0. The Morgan fingerprint density at radius 3 is 2.73 bits per heavy atom. The molecule has 1 aliphatic rings. The lowest BCUT2D eigenvalue weighted by Gasteiger charge is -2.11. The summed E-state index contributed by atoms with van der Waals surface area (Å²) in [7, 11) is 0. The van der Waals surface area contributed by atoms with Crippen LogP contribution in [0.2, 0.25) is 0 Å². The van der Waals surface area contributed by atoms with Crippen molar-refractivity contribution in [3.05, 3.63) is 59.2 Å². The molecule has 22 heavy (non-hydrogen) atoms. The average Bonchev–Trinajstić information content (AvgIpc) is 3.00. The van der Waals surface area contributed by atoms with E-state index in [4.69, 9.17) is 4.74 Å². The number of phenols is 1. The van der Waals surface area contributed by atoms with Gasteiger partial charge in [-0.1, -0.05) is 23.8 Å². The number of nitrogens with zero attached hydrogens (tertiary/aromatic N) is 1. The third kappa shape index (κ3) is 2.91. The van der Waals surface area contributed by atoms with Crippen LogP contribution in [0.5, 0.6) is 11.5 Å². The Morgan fingerprint density at radius 2 is 2.00 bits per heavy atom. The van der Waals surface area contributed by atoms with E-state index in [1.54, 1.807) is 6.07 Å². The largest absolute Gasteiger partial charge is 0.507 e. The van der Waals surface area contributed by atoms with Gasteiger partial charge >= 0.3 is 0 Å². The van der Waals surface area contributed by atoms with Gasteiger partial charge < -0.3 is 15.3 Å². The number of nitrogens with one attached hydrogen (secondary N) is 1. The lowest BCUT2D eigenvalue weighted by Crippen LogP contribution is -2.09. The van der Waals surface area contributed by atoms with Crippen LogP contribution in [-0.4, -0.2) is 17.4 Å². The van der Waals surface area contributed by atoms with E-state index in [1.165, 1.54) is 0 Å². The molecule has 0 bridgehead atoms. The van der Waals surface area contributed by atoms with Crippen molar-refractivity contribution in [3.63, 3.8) is 0 Å². The van der Waals surface area contributed by atoms with Crippen molar-refractivity contribution in [1.29, 1.82) is 0 Å². The Hall–Kier alpha value is -2.49. The van der Waals surface area contributed by atoms with Gasteiger partial charge in [0.1, 0.15) is 11.5 Å². The van der Waals surface area contributed by atoms with E-state index in [9.17, 15) is 5.11 Å². The van der Waals surface area contributed by atoms with Gasteiger partial charge in [-0.25, -0.2) is 0 Å². The summed E-state index contributed by atoms with van der Waals surface area (Å²) in [5.41, 5.74) is 7.12. The van der Waals surface area contributed by atoms with Gasteiger partial charge in [-0.15, -0.1) is 0 Å². The molecule has 0 saturated carbocycles. The molecule has 4 heteroatoms. The van der Waals surface area contributed by atoms with E-state index < -0.39 is 0 Å². The maximum absolute atomic E-state index is 10.0. The lowest BCUT2D eigenvalue weighted by molar-refractivity contribution is 0.340. The molecule has 3 rings (SSSR count). The topological polar surface area (TPSA) is 53.9 Å². The molecule has 0 radical (unpaired) electrons. The minimum atomic E-state index is 0.130. The SMILES string of the molecule is CCOc1ccc([C@H]2CC(c3cc(C)ccc3O)=NN2)cc1. The second-order valence-corrected chi connectivity index (χ2v) is 5.47. The number of benzene rings is 2. The van der Waals surface area contributed by atoms with Crippen LogP contribution in [0, 0.1) is 6.92 Å². The molecule has 1 heterocycles. The first-order chi connectivity index (χ1) is 10.7. The summed E-state index contributed by atoms with van der Waals surface area (Å²) >= 11 is 0. The van der Waals surface area contributed by atoms with Crippen LogP contribution < -0.4 is 10.2 Å². The Morgan fingerprint density at radius 1 is 1.23 bits per heavy atom. The van der Waals surface area contributed by atoms with Crippen molar-refractivity contribution >= 4 is 5.71 Å². The molecule has 0 aliphatic carbocycles. The Bertz CT molecular complexity index is 693. The third-order valence-electron chi connectivity index (χ3n) is 3.81. The summed E-state index contributed by atoms with van der Waals surface area (Å²) in [4.78, 5) is 0. The van der Waals surface area contributed by atoms with E-state index >= 15 is 0 Å². The molecule has 2 N–H and O–H groups in total. The van der Waals surface area contributed by atoms with E-state index in [0.717, 1.165) is 34.6 Å². The zero-order chi connectivity index (χ0) is 15.5. The van der Waals surface area contributed by atoms with Crippen molar-refractivity contribution in [2.45, 2.75) is 26.3 Å². The molecule has 0 saturated heterocycles. The number of aromatic hydroxyl groups is 1. The third-order valence-corrected chi connectivity index (χ3v) is 3.81. The fourth-order valence-corrected chi connectivity index (χ4v) is 2.65. The number of phenolic OH excluding ortho intramolecular Hbond substituents is 1. The first-order valence-corrected chi connectivity index (χ1v) is 7.52. The molecular weight excluding hydrogens is 276 g/mol. The quantitative estimate of drug-likeness (QED) is 0.907. The molecule has 0 amide bonds. The maximum Gasteiger partial charge on any atom is 0.124 e. The molecule has 1 aliphatic heterocycles. The molecule has 0 unspecified atom stereocenters. The molecular formula is C18H20N2O2. The van der Waals surface area contributed by atoms with Crippen LogP contribution in [0.4, 0.5) is 0 Å². The molecule has 0 fully saturated rings. The monoisotopic (exact) mass is 296 g/mol. The molecule has 0 spiro atoms. The van der Waals surface area contributed by atoms with Gasteiger partial charge in [0.05, 0.1) is 18.4 Å². The molecule has 4 nitrogen and oxygen atoms in total. The van der Waals surface area contributed by atoms with Crippen molar-refractivity contribution in [1.82, 2.24) is 5.43 Å². The second-order valence-electron chi connectivity index (χ2n) is 5.47. The van der Waals surface area contributed by atoms with Crippen molar-refractivity contribution in [2.75, 3.05) is 6.61 Å². The Labute approximate surface area is 130 Å². The van der Waals surface area contributed by atoms with Gasteiger partial charge in [-0.2, -0.15) is 5.10 Å². The summed E-state index contributed by atoms with van der Waals surface area (Å²) in [5, 5.41) is 14.4. The van der Waals surface area contributed by atoms with Crippen molar-refractivity contribution in [3.8, 4) is 11.5 Å². The summed E-state index contributed by atoms with van der Waals surface area (Å²) in [6.45, 7) is 4.65. The minimum Gasteiger partial charge on any atom is -0.507 e. The molecule has 2 aromatic rings. The van der Waals surface area contributed by atoms with Crippen molar-refractivity contribution < 1.29 is 9.84 Å². The average molecular weight is 296 g/mol. The van der Waals surface area contributed by atoms with Crippen LogP contribution in [-0.2, 0) is 0 Å². The van der Waals surface area contributed by atoms with Gasteiger partial charge in [0.2, 0.25) is 0 Å². The highest BCUT2D eigenvalue weighted by Gasteiger charge is 2.23. The second kappa shape index (κ2) is 6.10. The van der Waals surface area contributed by atoms with E-state index in [-0.39, 0.29) is 11.8 Å². The minimum absolute atomic E-state index is 0.130. The smallest absolute Gasteiger partial charge is 0.124 e. The number of rotatable bonds is 4. The number of aryl methyl sites for hydroxylation is 1. The van der Waals surface area contributed by atoms with Crippen LogP contribution in [0.25, 0.3) is 0 Å². The highest BCUT2D eigenvalue weighted by molar-refractivity contribution is 6.04. The zero-order valence-corrected chi connectivity index (χ0v) is 12.8. The lowest BCUT2D eigenvalue weighted by atomic mass is 9.97. The van der Waals surface area contributed by atoms with Crippen LogP contribution in [0.1, 0.15) is 36.1 Å².